The molecule has 1 aliphatic heterocycles. The van der Waals surface area contributed by atoms with Crippen LogP contribution in [-0.4, -0.2) is 33.5 Å². The van der Waals surface area contributed by atoms with Crippen LogP contribution >= 0.6 is 23.4 Å². The summed E-state index contributed by atoms with van der Waals surface area (Å²) in [5.41, 5.74) is 2.13. The molecule has 0 N–H and O–H groups in total. The van der Waals surface area contributed by atoms with E-state index >= 15 is 0 Å². The largest absolute Gasteiger partial charge is 0.494 e. The maximum atomic E-state index is 5.96. The van der Waals surface area contributed by atoms with Gasteiger partial charge in [-0.25, -0.2) is 4.98 Å². The van der Waals surface area contributed by atoms with Gasteiger partial charge in [0.05, 0.1) is 12.6 Å². The SMILES string of the molecule is COc1cccc2c1nc(CCCl)n2CC1CCCCS1. The molecule has 21 heavy (non-hydrogen) atoms. The fourth-order valence-corrected chi connectivity index (χ4v) is 4.43. The molecular weight excluding hydrogens is 304 g/mol. The quantitative estimate of drug-likeness (QED) is 0.774. The fraction of sp³-hybridized carbons (Fsp3) is 0.562. The first-order valence-electron chi connectivity index (χ1n) is 7.53. The van der Waals surface area contributed by atoms with E-state index in [1.807, 2.05) is 12.1 Å². The van der Waals surface area contributed by atoms with Crippen LogP contribution in [0.2, 0.25) is 0 Å². The summed E-state index contributed by atoms with van der Waals surface area (Å²) in [6.45, 7) is 1.03. The van der Waals surface area contributed by atoms with Crippen molar-refractivity contribution < 1.29 is 4.74 Å². The number of aryl methyl sites for hydroxylation is 1. The average molecular weight is 325 g/mol. The minimum atomic E-state index is 0.601. The molecule has 1 aromatic heterocycles. The molecule has 0 radical (unpaired) electrons. The van der Waals surface area contributed by atoms with Crippen molar-refractivity contribution in [3.05, 3.63) is 24.0 Å². The van der Waals surface area contributed by atoms with Crippen molar-refractivity contribution in [3.8, 4) is 5.75 Å². The van der Waals surface area contributed by atoms with Gasteiger partial charge in [0.1, 0.15) is 17.1 Å². The number of para-hydroxylation sites is 1. The van der Waals surface area contributed by atoms with Gasteiger partial charge in [0.25, 0.3) is 0 Å². The molecule has 5 heteroatoms. The summed E-state index contributed by atoms with van der Waals surface area (Å²) in [6, 6.07) is 6.15. The van der Waals surface area contributed by atoms with Crippen LogP contribution < -0.4 is 4.74 Å². The second kappa shape index (κ2) is 6.93. The third kappa shape index (κ3) is 3.16. The predicted octanol–water partition coefficient (Wildman–Crippen LogP) is 4.11. The summed E-state index contributed by atoms with van der Waals surface area (Å²) in [7, 11) is 1.70. The van der Waals surface area contributed by atoms with Crippen molar-refractivity contribution >= 4 is 34.4 Å². The number of ether oxygens (including phenoxy) is 1. The van der Waals surface area contributed by atoms with E-state index in [-0.39, 0.29) is 0 Å². The van der Waals surface area contributed by atoms with E-state index in [9.17, 15) is 0 Å². The lowest BCUT2D eigenvalue weighted by molar-refractivity contribution is 0.419. The number of thioether (sulfide) groups is 1. The van der Waals surface area contributed by atoms with Crippen LogP contribution in [0.25, 0.3) is 11.0 Å². The van der Waals surface area contributed by atoms with Crippen LogP contribution in [0, 0.1) is 0 Å². The van der Waals surface area contributed by atoms with Crippen molar-refractivity contribution in [1.82, 2.24) is 9.55 Å². The first-order chi connectivity index (χ1) is 10.3. The summed E-state index contributed by atoms with van der Waals surface area (Å²) in [6.07, 6.45) is 4.80. The number of halogens is 1. The molecule has 1 aliphatic rings. The Morgan fingerprint density at radius 3 is 3.05 bits per heavy atom. The average Bonchev–Trinajstić information content (AvgIpc) is 2.87. The number of nitrogens with zero attached hydrogens (tertiary/aromatic N) is 2. The third-order valence-corrected chi connectivity index (χ3v) is 5.59. The zero-order valence-corrected chi connectivity index (χ0v) is 13.9. The third-order valence-electron chi connectivity index (χ3n) is 4.02. The zero-order chi connectivity index (χ0) is 14.7. The Bertz CT molecular complexity index is 608. The molecular formula is C16H21ClN2OS. The van der Waals surface area contributed by atoms with Gasteiger partial charge >= 0.3 is 0 Å². The van der Waals surface area contributed by atoms with E-state index in [0.29, 0.717) is 11.1 Å². The normalized spacial score (nSPS) is 19.0. The van der Waals surface area contributed by atoms with Crippen LogP contribution in [-0.2, 0) is 13.0 Å². The van der Waals surface area contributed by atoms with Gasteiger partial charge in [-0.15, -0.1) is 11.6 Å². The van der Waals surface area contributed by atoms with Gasteiger partial charge in [0.15, 0.2) is 0 Å². The number of fused-ring (bicyclic) bond motifs is 1. The molecule has 114 valence electrons. The lowest BCUT2D eigenvalue weighted by Gasteiger charge is -2.22. The van der Waals surface area contributed by atoms with Gasteiger partial charge in [-0.1, -0.05) is 12.5 Å². The number of aromatic nitrogens is 2. The van der Waals surface area contributed by atoms with Crippen LogP contribution in [0.3, 0.4) is 0 Å². The molecule has 0 saturated carbocycles. The van der Waals surface area contributed by atoms with E-state index in [1.54, 1.807) is 7.11 Å². The number of benzene rings is 1. The Hall–Kier alpha value is -0.870. The monoisotopic (exact) mass is 324 g/mol. The van der Waals surface area contributed by atoms with Gasteiger partial charge in [-0.3, -0.25) is 0 Å². The maximum Gasteiger partial charge on any atom is 0.146 e. The molecule has 2 aromatic rings. The topological polar surface area (TPSA) is 27.1 Å². The van der Waals surface area contributed by atoms with E-state index in [2.05, 4.69) is 22.4 Å². The van der Waals surface area contributed by atoms with Gasteiger partial charge in [0.2, 0.25) is 0 Å². The lowest BCUT2D eigenvalue weighted by Crippen LogP contribution is -2.18. The van der Waals surface area contributed by atoms with Crippen LogP contribution in [0.5, 0.6) is 5.75 Å². The highest BCUT2D eigenvalue weighted by molar-refractivity contribution is 7.99. The Balaban J connectivity index is 1.99. The van der Waals surface area contributed by atoms with E-state index in [4.69, 9.17) is 21.3 Å². The minimum Gasteiger partial charge on any atom is -0.494 e. The van der Waals surface area contributed by atoms with Crippen LogP contribution in [0.1, 0.15) is 25.1 Å². The summed E-state index contributed by atoms with van der Waals surface area (Å²) in [5.74, 6) is 3.81. The van der Waals surface area contributed by atoms with Gasteiger partial charge in [-0.2, -0.15) is 11.8 Å². The van der Waals surface area contributed by atoms with Crippen LogP contribution in [0.15, 0.2) is 18.2 Å². The molecule has 0 spiro atoms. The van der Waals surface area contributed by atoms with Crippen molar-refractivity contribution in [1.29, 1.82) is 0 Å². The van der Waals surface area contributed by atoms with Crippen molar-refractivity contribution in [2.75, 3.05) is 18.7 Å². The van der Waals surface area contributed by atoms with Gasteiger partial charge in [0, 0.05) is 24.1 Å². The Morgan fingerprint density at radius 1 is 1.43 bits per heavy atom. The lowest BCUT2D eigenvalue weighted by atomic mass is 10.2. The molecule has 3 rings (SSSR count). The van der Waals surface area contributed by atoms with E-state index in [1.165, 1.54) is 30.5 Å². The zero-order valence-electron chi connectivity index (χ0n) is 12.3. The number of hydrogen-bond donors (Lipinski definition) is 0. The van der Waals surface area contributed by atoms with Crippen molar-refractivity contribution in [2.45, 2.75) is 37.5 Å². The first kappa shape index (κ1) is 15.0. The molecule has 2 heterocycles. The number of alkyl halides is 1. The van der Waals surface area contributed by atoms with Crippen LogP contribution in [0.4, 0.5) is 0 Å². The number of rotatable bonds is 5. The molecule has 0 aliphatic carbocycles. The Kier molecular flexibility index (Phi) is 4.96. The summed E-state index contributed by atoms with van der Waals surface area (Å²) >= 11 is 8.06. The highest BCUT2D eigenvalue weighted by Gasteiger charge is 2.19. The molecule has 3 nitrogen and oxygen atoms in total. The number of methoxy groups -OCH3 is 1. The highest BCUT2D eigenvalue weighted by Crippen LogP contribution is 2.30. The molecule has 0 amide bonds. The highest BCUT2D eigenvalue weighted by atomic mass is 35.5. The first-order valence-corrected chi connectivity index (χ1v) is 9.11. The predicted molar refractivity (Wildman–Crippen MR) is 90.8 cm³/mol. The number of imidazole rings is 1. The summed E-state index contributed by atoms with van der Waals surface area (Å²) in [5, 5.41) is 0.691. The molecule has 1 unspecified atom stereocenters. The second-order valence-electron chi connectivity index (χ2n) is 5.39. The second-order valence-corrected chi connectivity index (χ2v) is 7.18. The Labute approximate surface area is 135 Å². The minimum absolute atomic E-state index is 0.601. The van der Waals surface area contributed by atoms with E-state index in [0.717, 1.165) is 30.1 Å². The molecule has 0 bridgehead atoms. The van der Waals surface area contributed by atoms with Crippen molar-refractivity contribution in [3.63, 3.8) is 0 Å². The molecule has 1 saturated heterocycles. The van der Waals surface area contributed by atoms with Gasteiger partial charge < -0.3 is 9.30 Å². The molecule has 1 aromatic carbocycles. The maximum absolute atomic E-state index is 5.96. The van der Waals surface area contributed by atoms with E-state index < -0.39 is 0 Å². The Morgan fingerprint density at radius 2 is 2.33 bits per heavy atom. The molecule has 1 atom stereocenters. The summed E-state index contributed by atoms with van der Waals surface area (Å²) < 4.78 is 7.80. The fourth-order valence-electron chi connectivity index (χ4n) is 2.97. The molecule has 1 fully saturated rings. The number of hydrogen-bond acceptors (Lipinski definition) is 3. The van der Waals surface area contributed by atoms with Gasteiger partial charge in [-0.05, 0) is 30.7 Å². The van der Waals surface area contributed by atoms with Crippen molar-refractivity contribution in [2.24, 2.45) is 0 Å². The smallest absolute Gasteiger partial charge is 0.146 e. The summed E-state index contributed by atoms with van der Waals surface area (Å²) in [4.78, 5) is 4.78. The standard InChI is InChI=1S/C16H21ClN2OS/c1-20-14-7-4-6-13-16(14)18-15(8-9-17)19(13)11-12-5-2-3-10-21-12/h4,6-7,12H,2-3,5,8-11H2,1H3.